The van der Waals surface area contributed by atoms with Gasteiger partial charge in [0.25, 0.3) is 5.91 Å². The van der Waals surface area contributed by atoms with Gasteiger partial charge < -0.3 is 15.2 Å². The second-order valence-electron chi connectivity index (χ2n) is 6.20. The summed E-state index contributed by atoms with van der Waals surface area (Å²) >= 11 is 5.88. The summed E-state index contributed by atoms with van der Waals surface area (Å²) in [6.45, 7) is 0. The van der Waals surface area contributed by atoms with Crippen LogP contribution in [0.1, 0.15) is 16.1 Å². The average Bonchev–Trinajstić information content (AvgIpc) is 3.04. The summed E-state index contributed by atoms with van der Waals surface area (Å²) in [4.78, 5) is 33.8. The monoisotopic (exact) mass is 370 g/mol. The van der Waals surface area contributed by atoms with E-state index >= 15 is 0 Å². The molecule has 7 heteroatoms. The van der Waals surface area contributed by atoms with E-state index in [1.54, 1.807) is 32.3 Å². The minimum Gasteiger partial charge on any atom is -0.349 e. The molecule has 2 heterocycles. The van der Waals surface area contributed by atoms with Crippen molar-refractivity contribution in [2.75, 3.05) is 14.1 Å². The molecule has 1 atom stereocenters. The first kappa shape index (κ1) is 17.9. The first-order valence-electron chi connectivity index (χ1n) is 8.15. The van der Waals surface area contributed by atoms with Crippen molar-refractivity contribution in [3.63, 3.8) is 0 Å². The van der Waals surface area contributed by atoms with E-state index in [9.17, 15) is 9.59 Å². The maximum Gasteiger partial charge on any atom is 0.268 e. The maximum atomic E-state index is 12.7. The molecule has 6 nitrogen and oxygen atoms in total. The molecule has 0 aliphatic carbocycles. The molecule has 0 spiro atoms. The molecule has 134 valence electrons. The topological polar surface area (TPSA) is 78.1 Å². The van der Waals surface area contributed by atoms with Gasteiger partial charge in [-0.05, 0) is 23.8 Å². The quantitative estimate of drug-likeness (QED) is 0.678. The molecular weight excluding hydrogens is 352 g/mol. The van der Waals surface area contributed by atoms with Gasteiger partial charge in [-0.25, -0.2) is 4.98 Å². The van der Waals surface area contributed by atoms with Gasteiger partial charge in [0.15, 0.2) is 0 Å². The summed E-state index contributed by atoms with van der Waals surface area (Å²) in [6, 6.07) is 13.9. The zero-order valence-corrected chi connectivity index (χ0v) is 15.2. The molecule has 2 aromatic heterocycles. The second kappa shape index (κ2) is 7.58. The predicted molar refractivity (Wildman–Crippen MR) is 101 cm³/mol. The van der Waals surface area contributed by atoms with Crippen molar-refractivity contribution in [3.8, 4) is 0 Å². The summed E-state index contributed by atoms with van der Waals surface area (Å²) in [5.41, 5.74) is 2.61. The van der Waals surface area contributed by atoms with Crippen molar-refractivity contribution in [1.82, 2.24) is 20.2 Å². The van der Waals surface area contributed by atoms with Crippen LogP contribution in [0.15, 0.2) is 48.5 Å². The third-order valence-electron chi connectivity index (χ3n) is 4.01. The third-order valence-corrected chi connectivity index (χ3v) is 4.22. The van der Waals surface area contributed by atoms with Crippen LogP contribution in [0.4, 0.5) is 0 Å². The average molecular weight is 371 g/mol. The van der Waals surface area contributed by atoms with Gasteiger partial charge in [-0.15, -0.1) is 0 Å². The molecule has 3 aromatic rings. The summed E-state index contributed by atoms with van der Waals surface area (Å²) < 4.78 is 0. The number of likely N-dealkylation sites (N-methyl/N-ethyl adjacent to an activating group) is 1. The van der Waals surface area contributed by atoms with Crippen molar-refractivity contribution in [1.29, 1.82) is 0 Å². The lowest BCUT2D eigenvalue weighted by atomic mass is 10.0. The Morgan fingerprint density at radius 2 is 1.92 bits per heavy atom. The van der Waals surface area contributed by atoms with Gasteiger partial charge in [0, 0.05) is 20.5 Å². The number of nitrogens with one attached hydrogen (secondary N) is 2. The molecule has 0 aliphatic rings. The largest absolute Gasteiger partial charge is 0.349 e. The highest BCUT2D eigenvalue weighted by Gasteiger charge is 2.24. The standard InChI is InChI=1S/C19H19ClN4O2/c1-24(2)19(26)16(10-12-6-4-3-5-7-12)23-18(25)15-11-14-13(21-15)8-9-17(20)22-14/h3-9,11,16,21H,10H2,1-2H3,(H,23,25)/t16-/m1/s1. The molecule has 26 heavy (non-hydrogen) atoms. The lowest BCUT2D eigenvalue weighted by molar-refractivity contribution is -0.130. The van der Waals surface area contributed by atoms with Crippen molar-refractivity contribution in [2.45, 2.75) is 12.5 Å². The van der Waals surface area contributed by atoms with E-state index in [2.05, 4.69) is 15.3 Å². The molecule has 2 amide bonds. The van der Waals surface area contributed by atoms with E-state index < -0.39 is 6.04 Å². The van der Waals surface area contributed by atoms with Gasteiger partial charge in [0.2, 0.25) is 5.91 Å². The molecule has 0 radical (unpaired) electrons. The Labute approximate surface area is 156 Å². The molecule has 0 saturated heterocycles. The fourth-order valence-corrected chi connectivity index (χ4v) is 2.86. The van der Waals surface area contributed by atoms with Crippen molar-refractivity contribution in [2.24, 2.45) is 0 Å². The van der Waals surface area contributed by atoms with Gasteiger partial charge >= 0.3 is 0 Å². The Morgan fingerprint density at radius 3 is 2.62 bits per heavy atom. The Kier molecular flexibility index (Phi) is 5.23. The van der Waals surface area contributed by atoms with Crippen LogP contribution in [0, 0.1) is 0 Å². The van der Waals surface area contributed by atoms with Gasteiger partial charge in [0.05, 0.1) is 11.0 Å². The fraction of sp³-hybridized carbons (Fsp3) is 0.211. The maximum absolute atomic E-state index is 12.7. The molecule has 3 rings (SSSR count). The number of hydrogen-bond donors (Lipinski definition) is 2. The molecule has 2 N–H and O–H groups in total. The second-order valence-corrected chi connectivity index (χ2v) is 6.59. The Bertz CT molecular complexity index is 937. The first-order chi connectivity index (χ1) is 12.4. The van der Waals surface area contributed by atoms with Gasteiger partial charge in [-0.1, -0.05) is 41.9 Å². The van der Waals surface area contributed by atoms with E-state index in [0.29, 0.717) is 28.3 Å². The number of amides is 2. The number of rotatable bonds is 5. The van der Waals surface area contributed by atoms with Crippen LogP contribution in [0.25, 0.3) is 11.0 Å². The summed E-state index contributed by atoms with van der Waals surface area (Å²) in [7, 11) is 3.34. The number of pyridine rings is 1. The number of carbonyl (C=O) groups excluding carboxylic acids is 2. The summed E-state index contributed by atoms with van der Waals surface area (Å²) in [6.07, 6.45) is 0.411. The number of carbonyl (C=O) groups is 2. The van der Waals surface area contributed by atoms with Crippen molar-refractivity contribution >= 4 is 34.4 Å². The molecule has 0 aliphatic heterocycles. The lowest BCUT2D eigenvalue weighted by Crippen LogP contribution is -2.47. The lowest BCUT2D eigenvalue weighted by Gasteiger charge is -2.21. The van der Waals surface area contributed by atoms with Crippen LogP contribution in [0.5, 0.6) is 0 Å². The normalized spacial score (nSPS) is 12.0. The van der Waals surface area contributed by atoms with Gasteiger partial charge in [-0.3, -0.25) is 9.59 Å². The van der Waals surface area contributed by atoms with E-state index in [-0.39, 0.29) is 11.8 Å². The fourth-order valence-electron chi connectivity index (χ4n) is 2.70. The van der Waals surface area contributed by atoms with Crippen LogP contribution < -0.4 is 5.32 Å². The van der Waals surface area contributed by atoms with Crippen LogP contribution in [0.3, 0.4) is 0 Å². The number of benzene rings is 1. The number of halogens is 1. The highest BCUT2D eigenvalue weighted by molar-refractivity contribution is 6.29. The van der Waals surface area contributed by atoms with E-state index in [0.717, 1.165) is 5.56 Å². The molecule has 0 fully saturated rings. The minimum absolute atomic E-state index is 0.167. The number of H-pyrrole nitrogens is 1. The van der Waals surface area contributed by atoms with E-state index in [4.69, 9.17) is 11.6 Å². The van der Waals surface area contributed by atoms with Crippen LogP contribution >= 0.6 is 11.6 Å². The molecule has 0 unspecified atom stereocenters. The summed E-state index contributed by atoms with van der Waals surface area (Å²) in [5, 5.41) is 3.17. The smallest absolute Gasteiger partial charge is 0.268 e. The van der Waals surface area contributed by atoms with Crippen molar-refractivity contribution in [3.05, 3.63) is 64.9 Å². The number of aromatic amines is 1. The first-order valence-corrected chi connectivity index (χ1v) is 8.53. The number of aromatic nitrogens is 2. The van der Waals surface area contributed by atoms with E-state index in [1.165, 1.54) is 4.90 Å². The molecule has 1 aromatic carbocycles. The molecule has 0 bridgehead atoms. The zero-order chi connectivity index (χ0) is 18.7. The van der Waals surface area contributed by atoms with Crippen molar-refractivity contribution < 1.29 is 9.59 Å². The number of hydrogen-bond acceptors (Lipinski definition) is 3. The zero-order valence-electron chi connectivity index (χ0n) is 14.5. The SMILES string of the molecule is CN(C)C(=O)[C@@H](Cc1ccccc1)NC(=O)c1cc2nc(Cl)ccc2[nH]1. The number of fused-ring (bicyclic) bond motifs is 1. The summed E-state index contributed by atoms with van der Waals surface area (Å²) in [5.74, 6) is -0.533. The number of nitrogens with zero attached hydrogens (tertiary/aromatic N) is 2. The Balaban J connectivity index is 1.82. The van der Waals surface area contributed by atoms with Crippen LogP contribution in [-0.2, 0) is 11.2 Å². The van der Waals surface area contributed by atoms with Crippen LogP contribution in [0.2, 0.25) is 5.15 Å². The molecular formula is C19H19ClN4O2. The highest BCUT2D eigenvalue weighted by atomic mass is 35.5. The van der Waals surface area contributed by atoms with Gasteiger partial charge in [0.1, 0.15) is 16.9 Å². The van der Waals surface area contributed by atoms with Crippen LogP contribution in [-0.4, -0.2) is 46.8 Å². The minimum atomic E-state index is -0.664. The Hall–Kier alpha value is -2.86. The molecule has 0 saturated carbocycles. The predicted octanol–water partition coefficient (Wildman–Crippen LogP) is 2.65. The third kappa shape index (κ3) is 4.03. The Morgan fingerprint density at radius 1 is 1.19 bits per heavy atom. The highest BCUT2D eigenvalue weighted by Crippen LogP contribution is 2.16. The van der Waals surface area contributed by atoms with E-state index in [1.807, 2.05) is 30.3 Å². The van der Waals surface area contributed by atoms with Gasteiger partial charge in [-0.2, -0.15) is 0 Å².